The number of sulfonamides is 1. The summed E-state index contributed by atoms with van der Waals surface area (Å²) in [4.78, 5) is 1.01. The van der Waals surface area contributed by atoms with E-state index in [9.17, 15) is 13.5 Å². The first-order valence-electron chi connectivity index (χ1n) is 6.23. The molecule has 0 radical (unpaired) electrons. The van der Waals surface area contributed by atoms with Gasteiger partial charge < -0.3 is 5.11 Å². The van der Waals surface area contributed by atoms with Crippen LogP contribution in [0.5, 0.6) is 0 Å². The Balaban J connectivity index is 1.84. The number of rotatable bonds is 2. The second-order valence-corrected chi connectivity index (χ2v) is 8.71. The van der Waals surface area contributed by atoms with Crippen molar-refractivity contribution in [2.75, 3.05) is 13.1 Å². The van der Waals surface area contributed by atoms with Gasteiger partial charge >= 0.3 is 0 Å². The quantitative estimate of drug-likeness (QED) is 0.895. The molecule has 3 rings (SSSR count). The Bertz CT molecular complexity index is 551. The van der Waals surface area contributed by atoms with E-state index in [1.54, 1.807) is 10.4 Å². The van der Waals surface area contributed by atoms with Gasteiger partial charge in [0, 0.05) is 23.9 Å². The van der Waals surface area contributed by atoms with E-state index in [-0.39, 0.29) is 12.0 Å². The third kappa shape index (κ3) is 1.91. The van der Waals surface area contributed by atoms with E-state index in [0.29, 0.717) is 23.2 Å². The minimum atomic E-state index is -3.34. The molecule has 1 aliphatic heterocycles. The van der Waals surface area contributed by atoms with E-state index in [2.05, 4.69) is 0 Å². The molecule has 1 N–H and O–H groups in total. The second kappa shape index (κ2) is 4.30. The smallest absolute Gasteiger partial charge is 0.252 e. The summed E-state index contributed by atoms with van der Waals surface area (Å²) < 4.78 is 26.9. The van der Waals surface area contributed by atoms with Crippen LogP contribution in [-0.2, 0) is 10.0 Å². The van der Waals surface area contributed by atoms with Crippen molar-refractivity contribution in [1.82, 2.24) is 4.31 Å². The first-order chi connectivity index (χ1) is 8.48. The lowest BCUT2D eigenvalue weighted by Crippen LogP contribution is -2.30. The van der Waals surface area contributed by atoms with Crippen LogP contribution in [0.3, 0.4) is 0 Å². The molecule has 3 unspecified atom stereocenters. The zero-order chi connectivity index (χ0) is 12.9. The summed E-state index contributed by atoms with van der Waals surface area (Å²) in [6.45, 7) is 2.96. The zero-order valence-corrected chi connectivity index (χ0v) is 11.9. The number of hydrogen-bond acceptors (Lipinski definition) is 4. The molecule has 4 nitrogen and oxygen atoms in total. The number of aliphatic hydroxyl groups excluding tert-OH is 1. The molecule has 100 valence electrons. The standard InChI is InChI=1S/C12H17NO3S2/c1-8-2-5-12(17-8)18(15,16)13-6-9-3-4-11(14)10(9)7-13/h2,5,9-11,14H,3-4,6-7H2,1H3. The summed E-state index contributed by atoms with van der Waals surface area (Å²) in [6.07, 6.45) is 1.45. The highest BCUT2D eigenvalue weighted by Crippen LogP contribution is 2.40. The van der Waals surface area contributed by atoms with Gasteiger partial charge in [0.1, 0.15) is 4.21 Å². The molecule has 6 heteroatoms. The van der Waals surface area contributed by atoms with Crippen LogP contribution in [0.2, 0.25) is 0 Å². The fraction of sp³-hybridized carbons (Fsp3) is 0.667. The summed E-state index contributed by atoms with van der Waals surface area (Å²) in [5.41, 5.74) is 0. The summed E-state index contributed by atoms with van der Waals surface area (Å²) >= 11 is 1.32. The Hall–Kier alpha value is -0.430. The van der Waals surface area contributed by atoms with E-state index in [0.717, 1.165) is 17.7 Å². The molecule has 0 bridgehead atoms. The van der Waals surface area contributed by atoms with E-state index >= 15 is 0 Å². The SMILES string of the molecule is Cc1ccc(S(=O)(=O)N2CC3CCC(O)C3C2)s1. The normalized spacial score (nSPS) is 32.9. The molecule has 1 aromatic rings. The van der Waals surface area contributed by atoms with Crippen molar-refractivity contribution < 1.29 is 13.5 Å². The topological polar surface area (TPSA) is 57.6 Å². The summed E-state index contributed by atoms with van der Waals surface area (Å²) in [5, 5.41) is 9.84. The minimum absolute atomic E-state index is 0.140. The van der Waals surface area contributed by atoms with Gasteiger partial charge in [0.2, 0.25) is 0 Å². The van der Waals surface area contributed by atoms with Crippen molar-refractivity contribution in [2.45, 2.75) is 30.1 Å². The highest BCUT2D eigenvalue weighted by molar-refractivity contribution is 7.91. The molecule has 0 aromatic carbocycles. The van der Waals surface area contributed by atoms with E-state index in [1.165, 1.54) is 11.3 Å². The molecular formula is C12H17NO3S2. The summed E-state index contributed by atoms with van der Waals surface area (Å²) in [5.74, 6) is 0.483. The lowest BCUT2D eigenvalue weighted by Gasteiger charge is -2.17. The van der Waals surface area contributed by atoms with Crippen LogP contribution < -0.4 is 0 Å². The van der Waals surface area contributed by atoms with Crippen LogP contribution in [0, 0.1) is 18.8 Å². The lowest BCUT2D eigenvalue weighted by atomic mass is 10.00. The van der Waals surface area contributed by atoms with E-state index < -0.39 is 10.0 Å². The van der Waals surface area contributed by atoms with Crippen molar-refractivity contribution in [1.29, 1.82) is 0 Å². The van der Waals surface area contributed by atoms with Gasteiger partial charge in [-0.2, -0.15) is 4.31 Å². The molecule has 2 heterocycles. The van der Waals surface area contributed by atoms with Gasteiger partial charge in [-0.15, -0.1) is 11.3 Å². The molecule has 1 aromatic heterocycles. The molecule has 0 amide bonds. The fourth-order valence-electron chi connectivity index (χ4n) is 3.07. The molecule has 2 aliphatic rings. The molecule has 0 spiro atoms. The Morgan fingerprint density at radius 2 is 2.11 bits per heavy atom. The molecular weight excluding hydrogens is 270 g/mol. The third-order valence-electron chi connectivity index (χ3n) is 4.10. The Morgan fingerprint density at radius 3 is 2.72 bits per heavy atom. The monoisotopic (exact) mass is 287 g/mol. The van der Waals surface area contributed by atoms with Gasteiger partial charge in [-0.05, 0) is 37.8 Å². The molecule has 1 saturated carbocycles. The van der Waals surface area contributed by atoms with Crippen LogP contribution in [0.25, 0.3) is 0 Å². The number of hydrogen-bond donors (Lipinski definition) is 1. The molecule has 2 fully saturated rings. The van der Waals surface area contributed by atoms with E-state index in [4.69, 9.17) is 0 Å². The van der Waals surface area contributed by atoms with Gasteiger partial charge in [-0.3, -0.25) is 0 Å². The first kappa shape index (κ1) is 12.6. The van der Waals surface area contributed by atoms with Crippen LogP contribution in [-0.4, -0.2) is 37.0 Å². The second-order valence-electron chi connectivity index (χ2n) is 5.26. The maximum atomic E-state index is 12.4. The predicted octanol–water partition coefficient (Wildman–Crippen LogP) is 1.45. The zero-order valence-electron chi connectivity index (χ0n) is 10.2. The van der Waals surface area contributed by atoms with Crippen molar-refractivity contribution >= 4 is 21.4 Å². The average Bonchev–Trinajstić information content (AvgIpc) is 2.96. The van der Waals surface area contributed by atoms with Gasteiger partial charge in [-0.25, -0.2) is 8.42 Å². The van der Waals surface area contributed by atoms with Gasteiger partial charge in [0.25, 0.3) is 10.0 Å². The van der Waals surface area contributed by atoms with Crippen LogP contribution in [0.4, 0.5) is 0 Å². The van der Waals surface area contributed by atoms with Crippen molar-refractivity contribution in [3.63, 3.8) is 0 Å². The van der Waals surface area contributed by atoms with E-state index in [1.807, 2.05) is 13.0 Å². The molecule has 18 heavy (non-hydrogen) atoms. The predicted molar refractivity (Wildman–Crippen MR) is 70.0 cm³/mol. The number of fused-ring (bicyclic) bond motifs is 1. The Labute approximate surface area is 111 Å². The minimum Gasteiger partial charge on any atom is -0.393 e. The summed E-state index contributed by atoms with van der Waals surface area (Å²) in [6, 6.07) is 3.52. The molecule has 3 atom stereocenters. The Morgan fingerprint density at radius 1 is 1.33 bits per heavy atom. The molecule has 1 saturated heterocycles. The Kier molecular flexibility index (Phi) is 3.01. The number of aryl methyl sites for hydroxylation is 1. The van der Waals surface area contributed by atoms with Crippen LogP contribution >= 0.6 is 11.3 Å². The van der Waals surface area contributed by atoms with Gasteiger partial charge in [0.15, 0.2) is 0 Å². The van der Waals surface area contributed by atoms with Crippen molar-refractivity contribution in [2.24, 2.45) is 11.8 Å². The van der Waals surface area contributed by atoms with Crippen molar-refractivity contribution in [3.8, 4) is 0 Å². The highest BCUT2D eigenvalue weighted by atomic mass is 32.2. The first-order valence-corrected chi connectivity index (χ1v) is 8.49. The third-order valence-corrected chi connectivity index (χ3v) is 7.40. The number of nitrogens with zero attached hydrogens (tertiary/aromatic N) is 1. The van der Waals surface area contributed by atoms with Crippen LogP contribution in [0.15, 0.2) is 16.3 Å². The van der Waals surface area contributed by atoms with Crippen molar-refractivity contribution in [3.05, 3.63) is 17.0 Å². The number of aliphatic hydroxyl groups is 1. The number of thiophene rings is 1. The van der Waals surface area contributed by atoms with Gasteiger partial charge in [-0.1, -0.05) is 0 Å². The highest BCUT2D eigenvalue weighted by Gasteiger charge is 2.45. The van der Waals surface area contributed by atoms with Crippen LogP contribution in [0.1, 0.15) is 17.7 Å². The van der Waals surface area contributed by atoms with Gasteiger partial charge in [0.05, 0.1) is 6.10 Å². The fourth-order valence-corrected chi connectivity index (χ4v) is 6.04. The summed E-state index contributed by atoms with van der Waals surface area (Å²) in [7, 11) is -3.34. The maximum absolute atomic E-state index is 12.4. The average molecular weight is 287 g/mol. The largest absolute Gasteiger partial charge is 0.393 e. The maximum Gasteiger partial charge on any atom is 0.252 e. The lowest BCUT2D eigenvalue weighted by molar-refractivity contribution is 0.129. The molecule has 1 aliphatic carbocycles.